The van der Waals surface area contributed by atoms with Crippen molar-refractivity contribution in [1.29, 1.82) is 0 Å². The van der Waals surface area contributed by atoms with Gasteiger partial charge in [0, 0.05) is 112 Å². The second-order valence-corrected chi connectivity index (χ2v) is 13.9. The van der Waals surface area contributed by atoms with Gasteiger partial charge < -0.3 is 68.9 Å². The molecular formula is C35H68I2N8O16. The van der Waals surface area contributed by atoms with Crippen LogP contribution in [0, 0.1) is 29.1 Å². The molecule has 61 heavy (non-hydrogen) atoms. The third-order valence-electron chi connectivity index (χ3n) is 7.44. The molecule has 0 radical (unpaired) electrons. The Kier molecular flexibility index (Phi) is 43.2. The molecule has 0 unspecified atom stereocenters. The normalized spacial score (nSPS) is 13.2. The third kappa shape index (κ3) is 32.9. The van der Waals surface area contributed by atoms with Crippen molar-refractivity contribution in [3.05, 3.63) is 0 Å². The Hall–Kier alpha value is -3.38. The molecular weight excluding hydrogens is 1040 g/mol. The van der Waals surface area contributed by atoms with Crippen LogP contribution in [0.3, 0.4) is 0 Å². The van der Waals surface area contributed by atoms with Crippen LogP contribution in [0.4, 0.5) is 0 Å². The molecule has 1 heterocycles. The number of imide groups is 1. The summed E-state index contributed by atoms with van der Waals surface area (Å²) in [4.78, 5) is 93.5. The van der Waals surface area contributed by atoms with E-state index in [4.69, 9.17) is 33.3 Å². The quantitative estimate of drug-likeness (QED) is 0.0238. The van der Waals surface area contributed by atoms with Crippen LogP contribution in [0.5, 0.6) is 0 Å². The lowest BCUT2D eigenvalue weighted by molar-refractivity contribution is -0.209. The molecule has 26 heteroatoms. The highest BCUT2D eigenvalue weighted by Crippen LogP contribution is 2.21. The number of carbonyl (C=O) groups is 8. The molecule has 24 nitrogen and oxygen atoms in total. The molecule has 1 saturated heterocycles. The molecule has 0 aromatic heterocycles. The van der Waals surface area contributed by atoms with E-state index < -0.39 is 81.8 Å². The van der Waals surface area contributed by atoms with Gasteiger partial charge in [0.1, 0.15) is 19.7 Å². The Balaban J connectivity index is -0.000000178. The van der Waals surface area contributed by atoms with Crippen molar-refractivity contribution >= 4 is 84.5 Å². The number of terminal acetylenes is 1. The minimum absolute atomic E-state index is 0.0258. The molecule has 0 spiro atoms. The molecule has 0 aromatic rings. The van der Waals surface area contributed by atoms with Crippen LogP contribution in [-0.2, 0) is 43.3 Å². The van der Waals surface area contributed by atoms with Crippen LogP contribution in [0.1, 0.15) is 75.0 Å². The first-order valence-electron chi connectivity index (χ1n) is 18.3. The predicted octanol–water partition coefficient (Wildman–Crippen LogP) is -4.10. The summed E-state index contributed by atoms with van der Waals surface area (Å²) in [5.41, 5.74) is 13.3. The van der Waals surface area contributed by atoms with E-state index in [-0.39, 0.29) is 71.6 Å². The van der Waals surface area contributed by atoms with Gasteiger partial charge in [-0.3, -0.25) is 38.4 Å². The fraction of sp³-hybridized carbons (Fsp3) is 0.714. The second kappa shape index (κ2) is 39.5. The minimum atomic E-state index is -1.42. The number of rotatable bonds is 20. The zero-order valence-electron chi connectivity index (χ0n) is 36.8. The monoisotopic (exact) mass is 1110 g/mol. The summed E-state index contributed by atoms with van der Waals surface area (Å²) < 4.78 is 5.74. The first kappa shape index (κ1) is 66.7. The van der Waals surface area contributed by atoms with Crippen molar-refractivity contribution in [1.82, 2.24) is 26.5 Å². The summed E-state index contributed by atoms with van der Waals surface area (Å²) in [5, 5.41) is 70.2. The number of aliphatic hydroxyl groups excluding tert-OH is 7. The standard InChI is InChI=1S/C13H21N3O7.2C9H18N2O4.C2H2.CH5N.CH4O.I2/c1-13(2,7-17)11(21)12(22)14-6-5-8(18)15-23-16-9(19)3-4-10(16)20;2*1-9(2,5-12)7(14)8(15)11-4-3-6(10)13;4*1-2/h11,17,21H,3-7H2,1-2H3,(H,14,22)(H,15,18);2*7,12,14H,3-5H2,1-2H3,(H2,10,13)(H,11,15);1-2H;2H2,1H3;2H,1H3;/t11-;2*7-;;;;/m111..../s1/i;;;1D;;;. The first-order chi connectivity index (χ1) is 28.7. The average molecular weight is 1110 g/mol. The number of aliphatic hydroxyl groups is 7. The van der Waals surface area contributed by atoms with E-state index in [1.807, 2.05) is 5.48 Å². The van der Waals surface area contributed by atoms with Crippen LogP contribution in [0.25, 0.3) is 0 Å². The van der Waals surface area contributed by atoms with E-state index >= 15 is 0 Å². The van der Waals surface area contributed by atoms with Gasteiger partial charge >= 0.3 is 0 Å². The van der Waals surface area contributed by atoms with Crippen LogP contribution in [0.2, 0.25) is 0 Å². The number of hydrogen-bond donors (Lipinski definition) is 14. The van der Waals surface area contributed by atoms with Gasteiger partial charge in [0.15, 0.2) is 0 Å². The average Bonchev–Trinajstić information content (AvgIpc) is 3.56. The van der Waals surface area contributed by atoms with Crippen molar-refractivity contribution in [2.75, 3.05) is 53.6 Å². The summed E-state index contributed by atoms with van der Waals surface area (Å²) in [6.07, 6.45) is 1.65. The lowest BCUT2D eigenvalue weighted by atomic mass is 9.87. The van der Waals surface area contributed by atoms with E-state index in [1.165, 1.54) is 27.3 Å². The van der Waals surface area contributed by atoms with Gasteiger partial charge in [-0.25, -0.2) is 5.48 Å². The lowest BCUT2D eigenvalue weighted by Crippen LogP contribution is -2.46. The number of nitrogens with zero attached hydrogens (tertiary/aromatic N) is 1. The predicted molar refractivity (Wildman–Crippen MR) is 238 cm³/mol. The summed E-state index contributed by atoms with van der Waals surface area (Å²) in [5.74, 6) is -4.74. The van der Waals surface area contributed by atoms with Crippen LogP contribution < -0.4 is 38.6 Å². The lowest BCUT2D eigenvalue weighted by Gasteiger charge is -2.27. The Morgan fingerprint density at radius 2 is 0.934 bits per heavy atom. The number of nitrogens with one attached hydrogen (secondary N) is 4. The van der Waals surface area contributed by atoms with Crippen LogP contribution in [-0.4, -0.2) is 160 Å². The highest BCUT2D eigenvalue weighted by atomic mass is 128. The molecule has 17 N–H and O–H groups in total. The number of halogens is 2. The van der Waals surface area contributed by atoms with Crippen LogP contribution in [0.15, 0.2) is 0 Å². The number of hydroxylamine groups is 3. The maximum atomic E-state index is 11.7. The topological polar surface area (TPSA) is 417 Å². The van der Waals surface area contributed by atoms with Gasteiger partial charge in [-0.2, -0.15) is 0 Å². The smallest absolute Gasteiger partial charge is 0.256 e. The highest BCUT2D eigenvalue weighted by Gasteiger charge is 2.35. The summed E-state index contributed by atoms with van der Waals surface area (Å²) in [6, 6.07) is 0. The Morgan fingerprint density at radius 3 is 1.16 bits per heavy atom. The van der Waals surface area contributed by atoms with E-state index in [0.717, 1.165) is 7.11 Å². The van der Waals surface area contributed by atoms with E-state index in [2.05, 4.69) is 70.3 Å². The molecule has 0 aromatic carbocycles. The highest BCUT2D eigenvalue weighted by molar-refractivity contribution is 15.0. The number of hydrogen-bond acceptors (Lipinski definition) is 17. The first-order valence-corrected chi connectivity index (χ1v) is 24.1. The zero-order chi connectivity index (χ0) is 50.4. The largest absolute Gasteiger partial charge is 0.400 e. The number of primary amides is 2. The molecule has 8 amide bonds. The van der Waals surface area contributed by atoms with Gasteiger partial charge in [0.2, 0.25) is 35.4 Å². The van der Waals surface area contributed by atoms with Gasteiger partial charge in [-0.05, 0) is 7.05 Å². The fourth-order valence-corrected chi connectivity index (χ4v) is 3.34. The minimum Gasteiger partial charge on any atom is -0.400 e. The van der Waals surface area contributed by atoms with E-state index in [9.17, 15) is 53.7 Å². The Bertz CT molecular complexity index is 1310. The van der Waals surface area contributed by atoms with Gasteiger partial charge in [0.25, 0.3) is 11.8 Å². The molecule has 1 rings (SSSR count). The molecule has 1 aliphatic heterocycles. The molecule has 1 aliphatic rings. The summed E-state index contributed by atoms with van der Waals surface area (Å²) >= 11 is 4.24. The fourth-order valence-electron chi connectivity index (χ4n) is 3.34. The van der Waals surface area contributed by atoms with Crippen molar-refractivity contribution < 1.29 is 80.4 Å². The molecule has 3 atom stereocenters. The van der Waals surface area contributed by atoms with E-state index in [0.29, 0.717) is 5.06 Å². The Labute approximate surface area is 381 Å². The summed E-state index contributed by atoms with van der Waals surface area (Å²) in [6.45, 7) is 8.37. The zero-order valence-corrected chi connectivity index (χ0v) is 40.1. The molecule has 0 bridgehead atoms. The van der Waals surface area contributed by atoms with Crippen molar-refractivity contribution in [2.24, 2.45) is 33.4 Å². The maximum Gasteiger partial charge on any atom is 0.256 e. The third-order valence-corrected chi connectivity index (χ3v) is 7.44. The second-order valence-electron chi connectivity index (χ2n) is 13.9. The SMILES string of the molecule is CC(C)(CO)[C@H](O)C(=O)NCCC(=O)NON1C(=O)CCC1=O.CC(C)(CO)[C@H](O)C(=O)NCCC(N)=O.CC(C)(CO)[C@H](O)C(=O)NCCC(N)=O.CN.CO.II.[2H]C#C. The van der Waals surface area contributed by atoms with Crippen molar-refractivity contribution in [3.8, 4) is 12.8 Å². The number of carbonyl (C=O) groups excluding carboxylic acids is 8. The Morgan fingerprint density at radius 1 is 0.689 bits per heavy atom. The molecule has 0 aliphatic carbocycles. The van der Waals surface area contributed by atoms with Crippen LogP contribution >= 0.6 is 37.2 Å². The molecule has 1 fully saturated rings. The van der Waals surface area contributed by atoms with Crippen molar-refractivity contribution in [2.45, 2.75) is 92.0 Å². The van der Waals surface area contributed by atoms with E-state index in [1.54, 1.807) is 27.7 Å². The summed E-state index contributed by atoms with van der Waals surface area (Å²) in [7, 11) is 2.50. The van der Waals surface area contributed by atoms with Gasteiger partial charge in [0.05, 0.1) is 19.8 Å². The van der Waals surface area contributed by atoms with Gasteiger partial charge in [-0.1, -0.05) is 41.5 Å². The maximum absolute atomic E-state index is 11.7. The molecule has 0 saturated carbocycles. The molecule has 358 valence electrons. The number of nitrogens with two attached hydrogens (primary N) is 3. The van der Waals surface area contributed by atoms with Crippen molar-refractivity contribution in [3.63, 3.8) is 0 Å². The number of amides is 8. The van der Waals surface area contributed by atoms with Gasteiger partial charge in [-0.15, -0.1) is 22.8 Å².